The van der Waals surface area contributed by atoms with Crippen LogP contribution in [0, 0.1) is 17.7 Å². The molecule has 2 aromatic carbocycles. The summed E-state index contributed by atoms with van der Waals surface area (Å²) in [5.74, 6) is 0.779. The second-order valence-electron chi connectivity index (χ2n) is 9.69. The third-order valence-corrected chi connectivity index (χ3v) is 7.05. The quantitative estimate of drug-likeness (QED) is 0.679. The van der Waals surface area contributed by atoms with E-state index in [4.69, 9.17) is 0 Å². The molecule has 4 rings (SSSR count). The number of anilines is 1. The Bertz CT molecular complexity index is 875. The maximum atomic E-state index is 13.1. The average Bonchev–Trinajstić information content (AvgIpc) is 2.81. The minimum atomic E-state index is -0.200. The molecule has 2 heterocycles. The standard InChI is InChI=1S/C27H36FN3O/c1-20-4-3-15-31(18-20)26-11-7-23(8-12-26)21(2)29-27(32)24-13-16-30(17-14-24)19-22-5-9-25(28)10-6-22/h5-12,20-21,24H,3-4,13-19H2,1-2H3,(H,29,32)/t20-,21+/m1/s1. The smallest absolute Gasteiger partial charge is 0.223 e. The first-order valence-corrected chi connectivity index (χ1v) is 12.1. The zero-order chi connectivity index (χ0) is 22.5. The molecule has 2 aromatic rings. The SMILES string of the molecule is C[C@@H]1CCCN(c2ccc([C@H](C)NC(=O)C3CCN(Cc4ccc(F)cc4)CC3)cc2)C1. The van der Waals surface area contributed by atoms with Crippen molar-refractivity contribution in [3.8, 4) is 0 Å². The molecule has 0 radical (unpaired) electrons. The van der Waals surface area contributed by atoms with Crippen LogP contribution >= 0.6 is 0 Å². The van der Waals surface area contributed by atoms with Crippen LogP contribution in [0.2, 0.25) is 0 Å². The number of halogens is 1. The number of amides is 1. The van der Waals surface area contributed by atoms with E-state index < -0.39 is 0 Å². The number of likely N-dealkylation sites (tertiary alicyclic amines) is 1. The van der Waals surface area contributed by atoms with E-state index in [1.165, 1.54) is 30.7 Å². The normalized spacial score (nSPS) is 21.3. The van der Waals surface area contributed by atoms with Crippen molar-refractivity contribution < 1.29 is 9.18 Å². The highest BCUT2D eigenvalue weighted by atomic mass is 19.1. The van der Waals surface area contributed by atoms with Crippen molar-refractivity contribution in [3.63, 3.8) is 0 Å². The van der Waals surface area contributed by atoms with Gasteiger partial charge in [0, 0.05) is 31.2 Å². The van der Waals surface area contributed by atoms with Gasteiger partial charge in [-0.15, -0.1) is 0 Å². The molecule has 0 bridgehead atoms. The fraction of sp³-hybridized carbons (Fsp3) is 0.519. The summed E-state index contributed by atoms with van der Waals surface area (Å²) in [6.45, 7) is 9.26. The van der Waals surface area contributed by atoms with Gasteiger partial charge in [0.05, 0.1) is 6.04 Å². The lowest BCUT2D eigenvalue weighted by atomic mass is 9.94. The second kappa shape index (κ2) is 10.5. The number of piperidine rings is 2. The van der Waals surface area contributed by atoms with Gasteiger partial charge in [0.25, 0.3) is 0 Å². The van der Waals surface area contributed by atoms with Crippen LogP contribution in [0.1, 0.15) is 56.7 Å². The maximum absolute atomic E-state index is 13.1. The first-order chi connectivity index (χ1) is 15.5. The van der Waals surface area contributed by atoms with E-state index in [1.807, 2.05) is 12.1 Å². The molecule has 0 aliphatic carbocycles. The minimum absolute atomic E-state index is 0.00840. The molecule has 0 spiro atoms. The fourth-order valence-corrected chi connectivity index (χ4v) is 5.01. The number of nitrogens with one attached hydrogen (secondary N) is 1. The van der Waals surface area contributed by atoms with Gasteiger partial charge < -0.3 is 10.2 Å². The summed E-state index contributed by atoms with van der Waals surface area (Å²) in [4.78, 5) is 17.7. The Morgan fingerprint density at radius 3 is 2.38 bits per heavy atom. The first kappa shape index (κ1) is 22.8. The zero-order valence-corrected chi connectivity index (χ0v) is 19.4. The van der Waals surface area contributed by atoms with Crippen LogP contribution < -0.4 is 10.2 Å². The van der Waals surface area contributed by atoms with Crippen molar-refractivity contribution in [2.24, 2.45) is 11.8 Å². The molecule has 1 N–H and O–H groups in total. The molecule has 2 fully saturated rings. The zero-order valence-electron chi connectivity index (χ0n) is 19.4. The molecule has 2 saturated heterocycles. The van der Waals surface area contributed by atoms with Crippen molar-refractivity contribution in [2.75, 3.05) is 31.1 Å². The Balaban J connectivity index is 1.24. The summed E-state index contributed by atoms with van der Waals surface area (Å²) in [5.41, 5.74) is 3.55. The molecule has 0 unspecified atom stereocenters. The van der Waals surface area contributed by atoms with Gasteiger partial charge in [0.15, 0.2) is 0 Å². The van der Waals surface area contributed by atoms with Crippen LogP contribution in [0.25, 0.3) is 0 Å². The highest BCUT2D eigenvalue weighted by Crippen LogP contribution is 2.25. The Morgan fingerprint density at radius 2 is 1.72 bits per heavy atom. The van der Waals surface area contributed by atoms with Gasteiger partial charge in [0.1, 0.15) is 5.82 Å². The summed E-state index contributed by atoms with van der Waals surface area (Å²) < 4.78 is 13.1. The predicted octanol–water partition coefficient (Wildman–Crippen LogP) is 5.15. The lowest BCUT2D eigenvalue weighted by Gasteiger charge is -2.33. The molecule has 0 saturated carbocycles. The van der Waals surface area contributed by atoms with Crippen LogP contribution in [-0.4, -0.2) is 37.0 Å². The monoisotopic (exact) mass is 437 g/mol. The van der Waals surface area contributed by atoms with E-state index >= 15 is 0 Å². The van der Waals surface area contributed by atoms with Crippen LogP contribution in [0.4, 0.5) is 10.1 Å². The van der Waals surface area contributed by atoms with Gasteiger partial charge in [-0.05, 0) is 87.0 Å². The van der Waals surface area contributed by atoms with E-state index in [0.717, 1.165) is 62.6 Å². The number of hydrogen-bond donors (Lipinski definition) is 1. The van der Waals surface area contributed by atoms with Crippen LogP contribution in [0.5, 0.6) is 0 Å². The van der Waals surface area contributed by atoms with E-state index in [1.54, 1.807) is 0 Å². The molecule has 172 valence electrons. The molecule has 32 heavy (non-hydrogen) atoms. The predicted molar refractivity (Wildman–Crippen MR) is 128 cm³/mol. The largest absolute Gasteiger partial charge is 0.371 e. The third kappa shape index (κ3) is 5.89. The van der Waals surface area contributed by atoms with Crippen LogP contribution in [0.3, 0.4) is 0 Å². The molecule has 2 aliphatic heterocycles. The molecule has 2 atom stereocenters. The lowest BCUT2D eigenvalue weighted by Crippen LogP contribution is -2.40. The van der Waals surface area contributed by atoms with Gasteiger partial charge >= 0.3 is 0 Å². The van der Waals surface area contributed by atoms with Gasteiger partial charge in [-0.3, -0.25) is 9.69 Å². The molecule has 5 heteroatoms. The van der Waals surface area contributed by atoms with Gasteiger partial charge in [-0.1, -0.05) is 31.2 Å². The fourth-order valence-electron chi connectivity index (χ4n) is 5.01. The number of nitrogens with zero attached hydrogens (tertiary/aromatic N) is 2. The Labute approximate surface area is 191 Å². The van der Waals surface area contributed by atoms with Crippen molar-refractivity contribution >= 4 is 11.6 Å². The summed E-state index contributed by atoms with van der Waals surface area (Å²) >= 11 is 0. The highest BCUT2D eigenvalue weighted by molar-refractivity contribution is 5.79. The Morgan fingerprint density at radius 1 is 1.03 bits per heavy atom. The highest BCUT2D eigenvalue weighted by Gasteiger charge is 2.26. The summed E-state index contributed by atoms with van der Waals surface area (Å²) in [6, 6.07) is 15.4. The lowest BCUT2D eigenvalue weighted by molar-refractivity contribution is -0.127. The molecule has 0 aromatic heterocycles. The number of hydrogen-bond acceptors (Lipinski definition) is 3. The van der Waals surface area contributed by atoms with E-state index in [-0.39, 0.29) is 23.7 Å². The first-order valence-electron chi connectivity index (χ1n) is 12.1. The topological polar surface area (TPSA) is 35.6 Å². The number of carbonyl (C=O) groups is 1. The number of benzene rings is 2. The van der Waals surface area contributed by atoms with E-state index in [9.17, 15) is 9.18 Å². The maximum Gasteiger partial charge on any atom is 0.223 e. The van der Waals surface area contributed by atoms with E-state index in [2.05, 4.69) is 53.2 Å². The summed E-state index contributed by atoms with van der Waals surface area (Å²) in [6.07, 6.45) is 4.32. The summed E-state index contributed by atoms with van der Waals surface area (Å²) in [5, 5.41) is 3.23. The van der Waals surface area contributed by atoms with Gasteiger partial charge in [0.2, 0.25) is 5.91 Å². The van der Waals surface area contributed by atoms with Crippen LogP contribution in [-0.2, 0) is 11.3 Å². The molecular weight excluding hydrogens is 401 g/mol. The molecule has 2 aliphatic rings. The Hall–Kier alpha value is -2.40. The van der Waals surface area contributed by atoms with E-state index in [0.29, 0.717) is 0 Å². The number of carbonyl (C=O) groups excluding carboxylic acids is 1. The van der Waals surface area contributed by atoms with Crippen molar-refractivity contribution in [2.45, 2.75) is 52.1 Å². The molecule has 1 amide bonds. The third-order valence-electron chi connectivity index (χ3n) is 7.05. The van der Waals surface area contributed by atoms with Crippen molar-refractivity contribution in [1.82, 2.24) is 10.2 Å². The Kier molecular flexibility index (Phi) is 7.46. The van der Waals surface area contributed by atoms with Gasteiger partial charge in [-0.2, -0.15) is 0 Å². The molecule has 4 nitrogen and oxygen atoms in total. The van der Waals surface area contributed by atoms with Crippen LogP contribution in [0.15, 0.2) is 48.5 Å². The van der Waals surface area contributed by atoms with Crippen molar-refractivity contribution in [3.05, 3.63) is 65.5 Å². The van der Waals surface area contributed by atoms with Gasteiger partial charge in [-0.25, -0.2) is 4.39 Å². The minimum Gasteiger partial charge on any atom is -0.371 e. The average molecular weight is 438 g/mol. The molecular formula is C27H36FN3O. The second-order valence-corrected chi connectivity index (χ2v) is 9.69. The summed E-state index contributed by atoms with van der Waals surface area (Å²) in [7, 11) is 0. The van der Waals surface area contributed by atoms with Crippen molar-refractivity contribution in [1.29, 1.82) is 0 Å². The number of rotatable bonds is 6.